The second-order valence-corrected chi connectivity index (χ2v) is 9.51. The zero-order chi connectivity index (χ0) is 28.5. The lowest BCUT2D eigenvalue weighted by molar-refractivity contribution is -0.142. The Labute approximate surface area is 222 Å². The number of benzene rings is 2. The van der Waals surface area contributed by atoms with Crippen LogP contribution in [0.5, 0.6) is 5.75 Å². The Morgan fingerprint density at radius 1 is 1.05 bits per heavy atom. The molecule has 0 fully saturated rings. The third kappa shape index (κ3) is 8.85. The molecule has 0 aliphatic carbocycles. The van der Waals surface area contributed by atoms with Crippen LogP contribution in [-0.2, 0) is 30.3 Å². The van der Waals surface area contributed by atoms with Gasteiger partial charge in [-0.15, -0.1) is 0 Å². The van der Waals surface area contributed by atoms with Gasteiger partial charge in [0.25, 0.3) is 5.91 Å². The number of hydrogen-bond acceptors (Lipinski definition) is 7. The first kappa shape index (κ1) is 29.7. The number of alkyl carbamates (subject to hydrolysis) is 1. The molecular weight excluding hydrogens is 490 g/mol. The van der Waals surface area contributed by atoms with Gasteiger partial charge in [0, 0.05) is 12.5 Å². The van der Waals surface area contributed by atoms with Crippen LogP contribution >= 0.6 is 0 Å². The van der Waals surface area contributed by atoms with Gasteiger partial charge in [-0.05, 0) is 51.0 Å². The Hall–Kier alpha value is -4.52. The SMILES string of the molecule is C#CN(C(=O)C(Cc1ccc(O)cc1)NC(=O)OC(C)(C)C)C(C(=O)NCC(=O)OC)c1ccc(C)cc1. The number of ether oxygens (including phenoxy) is 2. The van der Waals surface area contributed by atoms with Crippen LogP contribution < -0.4 is 10.6 Å². The highest BCUT2D eigenvalue weighted by molar-refractivity contribution is 5.94. The largest absolute Gasteiger partial charge is 0.508 e. The van der Waals surface area contributed by atoms with E-state index in [0.717, 1.165) is 10.5 Å². The second kappa shape index (κ2) is 13.1. The van der Waals surface area contributed by atoms with Gasteiger partial charge < -0.3 is 25.2 Å². The van der Waals surface area contributed by atoms with Crippen molar-refractivity contribution < 1.29 is 33.8 Å². The molecule has 202 valence electrons. The highest BCUT2D eigenvalue weighted by Crippen LogP contribution is 2.23. The van der Waals surface area contributed by atoms with Gasteiger partial charge >= 0.3 is 12.1 Å². The van der Waals surface area contributed by atoms with Crippen molar-refractivity contribution in [1.29, 1.82) is 0 Å². The number of nitrogens with zero attached hydrogens (tertiary/aromatic N) is 1. The molecule has 2 aromatic rings. The van der Waals surface area contributed by atoms with Crippen LogP contribution in [0.1, 0.15) is 43.5 Å². The minimum Gasteiger partial charge on any atom is -0.508 e. The lowest BCUT2D eigenvalue weighted by Gasteiger charge is -2.30. The molecule has 2 atom stereocenters. The van der Waals surface area contributed by atoms with Crippen molar-refractivity contribution in [2.45, 2.75) is 51.8 Å². The quantitative estimate of drug-likeness (QED) is 0.261. The van der Waals surface area contributed by atoms with Crippen LogP contribution in [-0.4, -0.2) is 59.2 Å². The van der Waals surface area contributed by atoms with Crippen molar-refractivity contribution >= 4 is 23.9 Å². The highest BCUT2D eigenvalue weighted by atomic mass is 16.6. The zero-order valence-corrected chi connectivity index (χ0v) is 22.1. The van der Waals surface area contributed by atoms with E-state index in [9.17, 15) is 24.3 Å². The summed E-state index contributed by atoms with van der Waals surface area (Å²) in [5.74, 6) is -2.13. The molecule has 0 saturated carbocycles. The number of phenols is 1. The number of aromatic hydroxyl groups is 1. The normalized spacial score (nSPS) is 12.3. The molecule has 2 rings (SSSR count). The number of amides is 3. The Bertz CT molecular complexity index is 1180. The van der Waals surface area contributed by atoms with Crippen molar-refractivity contribution in [3.63, 3.8) is 0 Å². The lowest BCUT2D eigenvalue weighted by atomic mass is 10.00. The molecular formula is C28H33N3O7. The van der Waals surface area contributed by atoms with Crippen LogP contribution in [0.15, 0.2) is 48.5 Å². The molecule has 0 saturated heterocycles. The molecule has 10 heteroatoms. The van der Waals surface area contributed by atoms with Crippen molar-refractivity contribution in [2.24, 2.45) is 0 Å². The molecule has 0 radical (unpaired) electrons. The molecule has 0 aromatic heterocycles. The summed E-state index contributed by atoms with van der Waals surface area (Å²) < 4.78 is 9.91. The maximum Gasteiger partial charge on any atom is 0.408 e. The lowest BCUT2D eigenvalue weighted by Crippen LogP contribution is -2.52. The van der Waals surface area contributed by atoms with Gasteiger partial charge in [0.15, 0.2) is 0 Å². The Morgan fingerprint density at radius 2 is 1.66 bits per heavy atom. The average molecular weight is 524 g/mol. The molecule has 2 aromatic carbocycles. The van der Waals surface area contributed by atoms with Crippen LogP contribution in [0.2, 0.25) is 0 Å². The summed E-state index contributed by atoms with van der Waals surface area (Å²) in [6.45, 7) is 6.46. The van der Waals surface area contributed by atoms with E-state index in [4.69, 9.17) is 11.2 Å². The van der Waals surface area contributed by atoms with Gasteiger partial charge in [0.05, 0.1) is 7.11 Å². The summed E-state index contributed by atoms with van der Waals surface area (Å²) in [5, 5.41) is 14.6. The fraction of sp³-hybridized carbons (Fsp3) is 0.357. The monoisotopic (exact) mass is 523 g/mol. The molecule has 0 aliphatic heterocycles. The predicted octanol–water partition coefficient (Wildman–Crippen LogP) is 2.59. The molecule has 2 unspecified atom stereocenters. The van der Waals surface area contributed by atoms with E-state index in [0.29, 0.717) is 11.1 Å². The maximum absolute atomic E-state index is 13.8. The van der Waals surface area contributed by atoms with Crippen LogP contribution in [0.4, 0.5) is 4.79 Å². The van der Waals surface area contributed by atoms with E-state index in [1.165, 1.54) is 19.2 Å². The number of carbonyl (C=O) groups is 4. The first-order valence-electron chi connectivity index (χ1n) is 11.8. The molecule has 0 bridgehead atoms. The number of esters is 1. The number of hydrogen-bond donors (Lipinski definition) is 3. The Kier molecular flexibility index (Phi) is 10.3. The predicted molar refractivity (Wildman–Crippen MR) is 140 cm³/mol. The zero-order valence-electron chi connectivity index (χ0n) is 22.1. The van der Waals surface area contributed by atoms with Crippen molar-refractivity contribution in [3.05, 3.63) is 65.2 Å². The van der Waals surface area contributed by atoms with E-state index in [-0.39, 0.29) is 12.2 Å². The van der Waals surface area contributed by atoms with Gasteiger partial charge in [-0.2, -0.15) is 0 Å². The number of carbonyl (C=O) groups excluding carboxylic acids is 4. The van der Waals surface area contributed by atoms with Gasteiger partial charge in [0.1, 0.15) is 30.0 Å². The average Bonchev–Trinajstić information content (AvgIpc) is 2.85. The number of nitrogens with one attached hydrogen (secondary N) is 2. The summed E-state index contributed by atoms with van der Waals surface area (Å²) in [4.78, 5) is 52.2. The molecule has 3 N–H and O–H groups in total. The van der Waals surface area contributed by atoms with Gasteiger partial charge in [-0.25, -0.2) is 4.79 Å². The van der Waals surface area contributed by atoms with Gasteiger partial charge in [-0.1, -0.05) is 48.4 Å². The van der Waals surface area contributed by atoms with E-state index in [2.05, 4.69) is 21.4 Å². The maximum atomic E-state index is 13.8. The third-order valence-corrected chi connectivity index (χ3v) is 5.28. The standard InChI is InChI=1S/C28H33N3O7/c1-7-31(24(20-12-8-18(2)9-13-20)25(34)29-17-23(33)37-6)26(35)22(30-27(36)38-28(3,4)5)16-19-10-14-21(32)15-11-19/h1,8-15,22,24,32H,16-17H2,2-6H3,(H,29,34)(H,30,36). The Balaban J connectivity index is 2.46. The first-order valence-corrected chi connectivity index (χ1v) is 11.8. The summed E-state index contributed by atoms with van der Waals surface area (Å²) >= 11 is 0. The summed E-state index contributed by atoms with van der Waals surface area (Å²) in [7, 11) is 1.18. The molecule has 10 nitrogen and oxygen atoms in total. The molecule has 38 heavy (non-hydrogen) atoms. The molecule has 0 spiro atoms. The van der Waals surface area contributed by atoms with E-state index in [1.54, 1.807) is 57.2 Å². The molecule has 0 heterocycles. The van der Waals surface area contributed by atoms with Gasteiger partial charge in [0.2, 0.25) is 5.91 Å². The minimum atomic E-state index is -1.32. The van der Waals surface area contributed by atoms with Gasteiger partial charge in [-0.3, -0.25) is 19.3 Å². The molecule has 3 amide bonds. The summed E-state index contributed by atoms with van der Waals surface area (Å²) in [6, 6.07) is 12.6. The minimum absolute atomic E-state index is 0.0130. The van der Waals surface area contributed by atoms with Crippen LogP contribution in [0, 0.1) is 19.4 Å². The Morgan fingerprint density at radius 3 is 2.18 bits per heavy atom. The number of aryl methyl sites for hydroxylation is 1. The number of rotatable bonds is 9. The van der Waals surface area contributed by atoms with Crippen molar-refractivity contribution in [3.8, 4) is 18.2 Å². The number of phenolic OH excluding ortho intramolecular Hbond substituents is 1. The fourth-order valence-electron chi connectivity index (χ4n) is 3.45. The van der Waals surface area contributed by atoms with E-state index < -0.39 is 48.1 Å². The van der Waals surface area contributed by atoms with E-state index in [1.807, 2.05) is 6.92 Å². The van der Waals surface area contributed by atoms with Crippen LogP contribution in [0.3, 0.4) is 0 Å². The van der Waals surface area contributed by atoms with Crippen molar-refractivity contribution in [2.75, 3.05) is 13.7 Å². The topological polar surface area (TPSA) is 134 Å². The molecule has 0 aliphatic rings. The summed E-state index contributed by atoms with van der Waals surface area (Å²) in [6.07, 6.45) is 4.89. The van der Waals surface area contributed by atoms with E-state index >= 15 is 0 Å². The number of terminal acetylenes is 1. The smallest absolute Gasteiger partial charge is 0.408 e. The fourth-order valence-corrected chi connectivity index (χ4v) is 3.45. The van der Waals surface area contributed by atoms with Crippen LogP contribution in [0.25, 0.3) is 0 Å². The van der Waals surface area contributed by atoms with Crippen molar-refractivity contribution in [1.82, 2.24) is 15.5 Å². The summed E-state index contributed by atoms with van der Waals surface area (Å²) in [5.41, 5.74) is 1.08. The third-order valence-electron chi connectivity index (χ3n) is 5.28. The number of methoxy groups -OCH3 is 1. The first-order chi connectivity index (χ1) is 17.8. The second-order valence-electron chi connectivity index (χ2n) is 9.51. The highest BCUT2D eigenvalue weighted by Gasteiger charge is 2.36.